The second-order valence-electron chi connectivity index (χ2n) is 5.72. The molecule has 1 amide bonds. The van der Waals surface area contributed by atoms with Gasteiger partial charge in [0.2, 0.25) is 5.91 Å². The number of nitrogens with zero attached hydrogens (tertiary/aromatic N) is 3. The van der Waals surface area contributed by atoms with Crippen molar-refractivity contribution in [2.24, 2.45) is 5.41 Å². The molecule has 4 heteroatoms. The van der Waals surface area contributed by atoms with Crippen molar-refractivity contribution in [3.63, 3.8) is 0 Å². The summed E-state index contributed by atoms with van der Waals surface area (Å²) in [5, 5.41) is 0. The maximum absolute atomic E-state index is 12.2. The van der Waals surface area contributed by atoms with E-state index in [1.807, 2.05) is 50.1 Å². The van der Waals surface area contributed by atoms with Crippen LogP contribution in [0, 0.1) is 5.41 Å². The first-order chi connectivity index (χ1) is 8.48. The van der Waals surface area contributed by atoms with Crippen LogP contribution in [-0.2, 0) is 4.79 Å². The topological polar surface area (TPSA) is 36.4 Å². The van der Waals surface area contributed by atoms with Crippen LogP contribution < -0.4 is 4.90 Å². The van der Waals surface area contributed by atoms with Gasteiger partial charge in [-0.2, -0.15) is 0 Å². The molecule has 0 atom stereocenters. The van der Waals surface area contributed by atoms with Crippen LogP contribution in [0.4, 0.5) is 5.82 Å². The third kappa shape index (κ3) is 2.81. The fourth-order valence-corrected chi connectivity index (χ4v) is 2.15. The molecule has 2 rings (SSSR count). The lowest BCUT2D eigenvalue weighted by Gasteiger charge is -2.38. The van der Waals surface area contributed by atoms with Gasteiger partial charge in [-0.25, -0.2) is 4.98 Å². The minimum absolute atomic E-state index is 0.239. The number of aromatic nitrogens is 1. The highest BCUT2D eigenvalue weighted by molar-refractivity contribution is 5.81. The van der Waals surface area contributed by atoms with Crippen molar-refractivity contribution in [3.8, 4) is 0 Å². The molecule has 0 radical (unpaired) electrons. The van der Waals surface area contributed by atoms with Crippen LogP contribution in [0.25, 0.3) is 0 Å². The summed E-state index contributed by atoms with van der Waals surface area (Å²) in [6.07, 6.45) is 1.81. The van der Waals surface area contributed by atoms with Gasteiger partial charge in [-0.05, 0) is 12.1 Å². The van der Waals surface area contributed by atoms with Crippen molar-refractivity contribution in [2.45, 2.75) is 20.8 Å². The number of hydrogen-bond acceptors (Lipinski definition) is 3. The highest BCUT2D eigenvalue weighted by atomic mass is 16.2. The average molecular weight is 247 g/mol. The Morgan fingerprint density at radius 3 is 2.33 bits per heavy atom. The van der Waals surface area contributed by atoms with Crippen molar-refractivity contribution in [3.05, 3.63) is 24.4 Å². The van der Waals surface area contributed by atoms with E-state index in [-0.39, 0.29) is 11.3 Å². The molecule has 0 bridgehead atoms. The van der Waals surface area contributed by atoms with Gasteiger partial charge in [0.25, 0.3) is 0 Å². The Kier molecular flexibility index (Phi) is 3.55. The quantitative estimate of drug-likeness (QED) is 0.759. The van der Waals surface area contributed by atoms with Crippen LogP contribution in [-0.4, -0.2) is 42.0 Å². The van der Waals surface area contributed by atoms with E-state index in [2.05, 4.69) is 9.88 Å². The van der Waals surface area contributed by atoms with Gasteiger partial charge in [-0.1, -0.05) is 26.8 Å². The molecule has 4 nitrogen and oxygen atoms in total. The molecule has 0 unspecified atom stereocenters. The molecule has 18 heavy (non-hydrogen) atoms. The molecule has 98 valence electrons. The monoisotopic (exact) mass is 247 g/mol. The minimum atomic E-state index is -0.285. The van der Waals surface area contributed by atoms with Crippen LogP contribution in [0.15, 0.2) is 24.4 Å². The molecule has 0 saturated carbocycles. The number of hydrogen-bond donors (Lipinski definition) is 0. The van der Waals surface area contributed by atoms with Crippen LogP contribution in [0.1, 0.15) is 20.8 Å². The zero-order valence-electron chi connectivity index (χ0n) is 11.4. The third-order valence-corrected chi connectivity index (χ3v) is 3.18. The first-order valence-corrected chi connectivity index (χ1v) is 6.44. The van der Waals surface area contributed by atoms with E-state index in [1.165, 1.54) is 0 Å². The molecular weight excluding hydrogens is 226 g/mol. The molecule has 1 aliphatic heterocycles. The first kappa shape index (κ1) is 12.9. The summed E-state index contributed by atoms with van der Waals surface area (Å²) in [5.74, 6) is 1.24. The van der Waals surface area contributed by atoms with Gasteiger partial charge in [0.1, 0.15) is 5.82 Å². The number of pyridine rings is 1. The van der Waals surface area contributed by atoms with E-state index in [0.717, 1.165) is 32.0 Å². The SMILES string of the molecule is CC(C)(C)C(=O)N1CCN(c2ccccn2)CC1. The molecule has 2 heterocycles. The Bertz CT molecular complexity index is 403. The van der Waals surface area contributed by atoms with Crippen molar-refractivity contribution < 1.29 is 4.79 Å². The number of rotatable bonds is 1. The Morgan fingerprint density at radius 2 is 1.83 bits per heavy atom. The van der Waals surface area contributed by atoms with Gasteiger partial charge >= 0.3 is 0 Å². The lowest BCUT2D eigenvalue weighted by atomic mass is 9.94. The summed E-state index contributed by atoms with van der Waals surface area (Å²) in [5.41, 5.74) is -0.285. The summed E-state index contributed by atoms with van der Waals surface area (Å²) < 4.78 is 0. The smallest absolute Gasteiger partial charge is 0.228 e. The lowest BCUT2D eigenvalue weighted by Crippen LogP contribution is -2.51. The average Bonchev–Trinajstić information content (AvgIpc) is 2.38. The molecule has 0 aromatic carbocycles. The largest absolute Gasteiger partial charge is 0.353 e. The van der Waals surface area contributed by atoms with Crippen molar-refractivity contribution >= 4 is 11.7 Å². The fraction of sp³-hybridized carbons (Fsp3) is 0.571. The maximum Gasteiger partial charge on any atom is 0.228 e. The second kappa shape index (κ2) is 4.96. The summed E-state index contributed by atoms with van der Waals surface area (Å²) in [6.45, 7) is 9.21. The molecule has 1 aromatic heterocycles. The Balaban J connectivity index is 1.95. The Hall–Kier alpha value is -1.58. The van der Waals surface area contributed by atoms with E-state index in [9.17, 15) is 4.79 Å². The van der Waals surface area contributed by atoms with Gasteiger partial charge in [-0.15, -0.1) is 0 Å². The molecule has 0 N–H and O–H groups in total. The van der Waals surface area contributed by atoms with Crippen molar-refractivity contribution in [1.82, 2.24) is 9.88 Å². The van der Waals surface area contributed by atoms with Gasteiger partial charge < -0.3 is 9.80 Å². The van der Waals surface area contributed by atoms with Gasteiger partial charge in [0.15, 0.2) is 0 Å². The molecule has 1 aromatic rings. The standard InChI is InChI=1S/C14H21N3O/c1-14(2,3)13(18)17-10-8-16(9-11-17)12-6-4-5-7-15-12/h4-7H,8-11H2,1-3H3. The number of carbonyl (C=O) groups is 1. The van der Waals surface area contributed by atoms with Crippen molar-refractivity contribution in [2.75, 3.05) is 31.1 Å². The highest BCUT2D eigenvalue weighted by Gasteiger charge is 2.29. The molecule has 1 fully saturated rings. The zero-order valence-corrected chi connectivity index (χ0v) is 11.4. The normalized spacial score (nSPS) is 16.8. The second-order valence-corrected chi connectivity index (χ2v) is 5.72. The maximum atomic E-state index is 12.2. The van der Waals surface area contributed by atoms with Gasteiger partial charge in [0, 0.05) is 37.8 Å². The van der Waals surface area contributed by atoms with Gasteiger partial charge in [-0.3, -0.25) is 4.79 Å². The summed E-state index contributed by atoms with van der Waals surface area (Å²) >= 11 is 0. The van der Waals surface area contributed by atoms with Crippen LogP contribution >= 0.6 is 0 Å². The molecule has 0 spiro atoms. The van der Waals surface area contributed by atoms with E-state index < -0.39 is 0 Å². The molecule has 1 saturated heterocycles. The summed E-state index contributed by atoms with van der Waals surface area (Å²) in [6, 6.07) is 5.93. The lowest BCUT2D eigenvalue weighted by molar-refractivity contribution is -0.139. The molecular formula is C14H21N3O. The third-order valence-electron chi connectivity index (χ3n) is 3.18. The van der Waals surface area contributed by atoms with Crippen LogP contribution in [0.5, 0.6) is 0 Å². The fourth-order valence-electron chi connectivity index (χ4n) is 2.15. The minimum Gasteiger partial charge on any atom is -0.353 e. The van der Waals surface area contributed by atoms with E-state index in [1.54, 1.807) is 0 Å². The van der Waals surface area contributed by atoms with Crippen molar-refractivity contribution in [1.29, 1.82) is 0 Å². The van der Waals surface area contributed by atoms with Crippen LogP contribution in [0.2, 0.25) is 0 Å². The summed E-state index contributed by atoms with van der Waals surface area (Å²) in [4.78, 5) is 20.7. The Labute approximate surface area is 109 Å². The van der Waals surface area contributed by atoms with Crippen LogP contribution in [0.3, 0.4) is 0 Å². The van der Waals surface area contributed by atoms with Gasteiger partial charge in [0.05, 0.1) is 0 Å². The highest BCUT2D eigenvalue weighted by Crippen LogP contribution is 2.20. The summed E-state index contributed by atoms with van der Waals surface area (Å²) in [7, 11) is 0. The first-order valence-electron chi connectivity index (χ1n) is 6.44. The number of carbonyl (C=O) groups excluding carboxylic acids is 1. The number of anilines is 1. The molecule has 0 aliphatic carbocycles. The van der Waals surface area contributed by atoms with E-state index in [0.29, 0.717) is 0 Å². The Morgan fingerprint density at radius 1 is 1.17 bits per heavy atom. The van der Waals surface area contributed by atoms with E-state index >= 15 is 0 Å². The van der Waals surface area contributed by atoms with E-state index in [4.69, 9.17) is 0 Å². The predicted molar refractivity (Wildman–Crippen MR) is 72.5 cm³/mol. The number of piperazine rings is 1. The molecule has 1 aliphatic rings. The predicted octanol–water partition coefficient (Wildman–Crippen LogP) is 1.78. The number of amides is 1. The zero-order chi connectivity index (χ0) is 13.2.